The van der Waals surface area contributed by atoms with Crippen LogP contribution in [0.25, 0.3) is 0 Å². The van der Waals surface area contributed by atoms with E-state index in [1.807, 2.05) is 63.2 Å². The number of hydrogen-bond acceptors (Lipinski definition) is 7. The standard InChI is InChI=1S/C22H26FN7O2/c1-22(2)18-15(19(28-27-18)26-20-16(23)10-24-13-25-20)11-30(22)21(31)32-17(12-29(3)4)14-8-6-5-7-9-14/h5-10,13,17H,11-12H2,1-4H3,(H2,24,25,26,27,28)/t17-/m1/s1. The summed E-state index contributed by atoms with van der Waals surface area (Å²) in [5.41, 5.74) is 1.75. The van der Waals surface area contributed by atoms with Crippen LogP contribution in [0.15, 0.2) is 42.9 Å². The molecule has 4 rings (SSSR count). The molecular weight excluding hydrogens is 413 g/mol. The van der Waals surface area contributed by atoms with Crippen molar-refractivity contribution < 1.29 is 13.9 Å². The second kappa shape index (κ2) is 8.54. The van der Waals surface area contributed by atoms with Gasteiger partial charge in [0, 0.05) is 12.1 Å². The van der Waals surface area contributed by atoms with Crippen LogP contribution in [0, 0.1) is 5.82 Å². The monoisotopic (exact) mass is 439 g/mol. The number of halogens is 1. The van der Waals surface area contributed by atoms with Crippen LogP contribution in [0.4, 0.5) is 20.8 Å². The van der Waals surface area contributed by atoms with E-state index in [2.05, 4.69) is 25.5 Å². The maximum atomic E-state index is 14.0. The number of aromatic amines is 1. The highest BCUT2D eigenvalue weighted by Gasteiger charge is 2.45. The predicted octanol–water partition coefficient (Wildman–Crippen LogP) is 3.57. The molecule has 1 atom stereocenters. The average Bonchev–Trinajstić information content (AvgIpc) is 3.27. The van der Waals surface area contributed by atoms with Crippen molar-refractivity contribution in [3.05, 3.63) is 65.5 Å². The Hall–Kier alpha value is -3.53. The second-order valence-electron chi connectivity index (χ2n) is 8.46. The zero-order chi connectivity index (χ0) is 22.9. The van der Waals surface area contributed by atoms with Gasteiger partial charge in [-0.15, -0.1) is 0 Å². The zero-order valence-electron chi connectivity index (χ0n) is 18.5. The highest BCUT2D eigenvalue weighted by Crippen LogP contribution is 2.42. The molecule has 1 amide bonds. The molecule has 1 aromatic carbocycles. The molecular formula is C22H26FN7O2. The van der Waals surface area contributed by atoms with Crippen LogP contribution < -0.4 is 5.32 Å². The highest BCUT2D eigenvalue weighted by atomic mass is 19.1. The number of aromatic nitrogens is 4. The Morgan fingerprint density at radius 3 is 2.75 bits per heavy atom. The lowest BCUT2D eigenvalue weighted by Gasteiger charge is -2.33. The first-order valence-electron chi connectivity index (χ1n) is 10.3. The fraction of sp³-hybridized carbons (Fsp3) is 0.364. The van der Waals surface area contributed by atoms with Crippen molar-refractivity contribution in [3.8, 4) is 0 Å². The number of nitrogens with zero attached hydrogens (tertiary/aromatic N) is 5. The average molecular weight is 439 g/mol. The molecule has 0 bridgehead atoms. The number of nitrogens with one attached hydrogen (secondary N) is 2. The van der Waals surface area contributed by atoms with E-state index in [4.69, 9.17) is 4.74 Å². The Bertz CT molecular complexity index is 1100. The summed E-state index contributed by atoms with van der Waals surface area (Å²) in [4.78, 5) is 24.4. The number of ether oxygens (including phenoxy) is 1. The summed E-state index contributed by atoms with van der Waals surface area (Å²) in [6.45, 7) is 4.64. The largest absolute Gasteiger partial charge is 0.440 e. The van der Waals surface area contributed by atoms with Crippen LogP contribution >= 0.6 is 0 Å². The van der Waals surface area contributed by atoms with E-state index < -0.39 is 23.6 Å². The van der Waals surface area contributed by atoms with Gasteiger partial charge in [-0.2, -0.15) is 5.10 Å². The summed E-state index contributed by atoms with van der Waals surface area (Å²) in [5.74, 6) is -0.163. The van der Waals surface area contributed by atoms with Gasteiger partial charge in [0.05, 0.1) is 24.0 Å². The molecule has 32 heavy (non-hydrogen) atoms. The number of benzene rings is 1. The summed E-state index contributed by atoms with van der Waals surface area (Å²) in [7, 11) is 3.87. The summed E-state index contributed by atoms with van der Waals surface area (Å²) in [5, 5.41) is 10.1. The molecule has 1 aliphatic heterocycles. The number of anilines is 2. The Kier molecular flexibility index (Phi) is 5.79. The van der Waals surface area contributed by atoms with Crippen molar-refractivity contribution in [1.29, 1.82) is 0 Å². The molecule has 0 spiro atoms. The summed E-state index contributed by atoms with van der Waals surface area (Å²) in [6.07, 6.45) is 1.47. The Morgan fingerprint density at radius 1 is 1.31 bits per heavy atom. The number of carbonyl (C=O) groups excluding carboxylic acids is 1. The fourth-order valence-electron chi connectivity index (χ4n) is 3.82. The SMILES string of the molecule is CN(C)C[C@@H](OC(=O)N1Cc2c(Nc3ncncc3F)n[nH]c2C1(C)C)c1ccccc1. The van der Waals surface area contributed by atoms with Crippen LogP contribution in [0.5, 0.6) is 0 Å². The van der Waals surface area contributed by atoms with Crippen LogP contribution in [0.1, 0.15) is 36.8 Å². The Morgan fingerprint density at radius 2 is 2.06 bits per heavy atom. The van der Waals surface area contributed by atoms with E-state index in [0.717, 1.165) is 23.0 Å². The summed E-state index contributed by atoms with van der Waals surface area (Å²) >= 11 is 0. The van der Waals surface area contributed by atoms with Gasteiger partial charge in [0.25, 0.3) is 0 Å². The molecule has 2 N–H and O–H groups in total. The number of likely N-dealkylation sites (N-methyl/N-ethyl adjacent to an activating group) is 1. The fourth-order valence-corrected chi connectivity index (χ4v) is 3.82. The number of rotatable bonds is 6. The third-order valence-electron chi connectivity index (χ3n) is 5.54. The highest BCUT2D eigenvalue weighted by molar-refractivity contribution is 5.72. The van der Waals surface area contributed by atoms with E-state index in [9.17, 15) is 9.18 Å². The molecule has 168 valence electrons. The molecule has 0 fully saturated rings. The van der Waals surface area contributed by atoms with Crippen molar-refractivity contribution in [2.75, 3.05) is 26.0 Å². The third-order valence-corrected chi connectivity index (χ3v) is 5.54. The smallest absolute Gasteiger partial charge is 0.411 e. The third kappa shape index (κ3) is 4.13. The number of H-pyrrole nitrogens is 1. The van der Waals surface area contributed by atoms with E-state index in [1.165, 1.54) is 6.33 Å². The molecule has 9 nitrogen and oxygen atoms in total. The van der Waals surface area contributed by atoms with E-state index in [-0.39, 0.29) is 12.4 Å². The van der Waals surface area contributed by atoms with Gasteiger partial charge in [0.2, 0.25) is 0 Å². The van der Waals surface area contributed by atoms with Gasteiger partial charge in [0.15, 0.2) is 17.5 Å². The first-order chi connectivity index (χ1) is 15.3. The van der Waals surface area contributed by atoms with Crippen molar-refractivity contribution in [2.45, 2.75) is 32.0 Å². The van der Waals surface area contributed by atoms with Gasteiger partial charge in [-0.05, 0) is 33.5 Å². The molecule has 10 heteroatoms. The van der Waals surface area contributed by atoms with Crippen molar-refractivity contribution >= 4 is 17.7 Å². The molecule has 0 radical (unpaired) electrons. The summed E-state index contributed by atoms with van der Waals surface area (Å²) < 4.78 is 19.9. The number of carbonyl (C=O) groups is 1. The molecule has 3 aromatic rings. The molecule has 0 aliphatic carbocycles. The van der Waals surface area contributed by atoms with Gasteiger partial charge >= 0.3 is 6.09 Å². The Balaban J connectivity index is 1.55. The van der Waals surface area contributed by atoms with Gasteiger partial charge in [0.1, 0.15) is 12.4 Å². The number of hydrogen-bond donors (Lipinski definition) is 2. The molecule has 1 aliphatic rings. The first-order valence-corrected chi connectivity index (χ1v) is 10.3. The zero-order valence-corrected chi connectivity index (χ0v) is 18.5. The molecule has 0 saturated heterocycles. The number of amides is 1. The maximum Gasteiger partial charge on any atom is 0.411 e. The molecule has 3 heterocycles. The van der Waals surface area contributed by atoms with Crippen LogP contribution in [0.3, 0.4) is 0 Å². The second-order valence-corrected chi connectivity index (χ2v) is 8.46. The molecule has 0 unspecified atom stereocenters. The first kappa shape index (κ1) is 21.7. The summed E-state index contributed by atoms with van der Waals surface area (Å²) in [6, 6.07) is 9.66. The quantitative estimate of drug-likeness (QED) is 0.606. The van der Waals surface area contributed by atoms with Gasteiger partial charge in [-0.25, -0.2) is 19.2 Å². The minimum absolute atomic E-state index is 0.0169. The predicted molar refractivity (Wildman–Crippen MR) is 117 cm³/mol. The van der Waals surface area contributed by atoms with E-state index in [1.54, 1.807) is 4.90 Å². The van der Waals surface area contributed by atoms with Gasteiger partial charge in [-0.3, -0.25) is 10.00 Å². The lowest BCUT2D eigenvalue weighted by molar-refractivity contribution is 0.0259. The van der Waals surface area contributed by atoms with Crippen LogP contribution in [0.2, 0.25) is 0 Å². The number of fused-ring (bicyclic) bond motifs is 1. The van der Waals surface area contributed by atoms with E-state index >= 15 is 0 Å². The van der Waals surface area contributed by atoms with Crippen LogP contribution in [-0.4, -0.2) is 56.7 Å². The van der Waals surface area contributed by atoms with Crippen molar-refractivity contribution in [1.82, 2.24) is 30.0 Å². The lowest BCUT2D eigenvalue weighted by Crippen LogP contribution is -2.42. The topological polar surface area (TPSA) is 99.3 Å². The normalized spacial score (nSPS) is 15.5. The molecule has 0 saturated carbocycles. The lowest BCUT2D eigenvalue weighted by atomic mass is 10.0. The minimum atomic E-state index is -0.692. The maximum absolute atomic E-state index is 14.0. The van der Waals surface area contributed by atoms with Gasteiger partial charge < -0.3 is 15.0 Å². The van der Waals surface area contributed by atoms with Crippen LogP contribution in [-0.2, 0) is 16.8 Å². The molecule has 2 aromatic heterocycles. The Labute approximate surface area is 185 Å². The van der Waals surface area contributed by atoms with Crippen molar-refractivity contribution in [3.63, 3.8) is 0 Å². The van der Waals surface area contributed by atoms with Gasteiger partial charge in [-0.1, -0.05) is 30.3 Å². The minimum Gasteiger partial charge on any atom is -0.440 e. The van der Waals surface area contributed by atoms with E-state index in [0.29, 0.717) is 12.4 Å². The van der Waals surface area contributed by atoms with Crippen molar-refractivity contribution in [2.24, 2.45) is 0 Å².